The largest absolute Gasteiger partial charge is 0.394 e. The molecule has 0 radical (unpaired) electrons. The van der Waals surface area contributed by atoms with E-state index < -0.39 is 12.6 Å². The monoisotopic (exact) mass is 254 g/mol. The van der Waals surface area contributed by atoms with E-state index in [1.54, 1.807) is 0 Å². The second-order valence-electron chi connectivity index (χ2n) is 3.20. The highest BCUT2D eigenvalue weighted by molar-refractivity contribution is 6.28. The number of anilines is 2. The van der Waals surface area contributed by atoms with Gasteiger partial charge in [-0.3, -0.25) is 0 Å². The number of halogens is 4. The molecule has 0 unspecified atom stereocenters. The Morgan fingerprint density at radius 2 is 2.12 bits per heavy atom. The van der Waals surface area contributed by atoms with Gasteiger partial charge >= 0.3 is 6.18 Å². The number of alkyl halides is 3. The van der Waals surface area contributed by atoms with Gasteiger partial charge in [-0.25, -0.2) is 4.98 Å². The predicted molar refractivity (Wildman–Crippen MR) is 55.4 cm³/mol. The lowest BCUT2D eigenvalue weighted by Crippen LogP contribution is -2.25. The Labute approximate surface area is 95.2 Å². The smallest absolute Gasteiger partial charge is 0.390 e. The Morgan fingerprint density at radius 1 is 1.50 bits per heavy atom. The minimum absolute atomic E-state index is 0.0527. The summed E-state index contributed by atoms with van der Waals surface area (Å²) in [6.07, 6.45) is -3.89. The molecule has 1 rings (SSSR count). The summed E-state index contributed by atoms with van der Waals surface area (Å²) in [6.45, 7) is -0.235. The number of aromatic nitrogens is 2. The summed E-state index contributed by atoms with van der Waals surface area (Å²) in [5.74, 6) is 0.198. The van der Waals surface area contributed by atoms with Crippen molar-refractivity contribution in [3.05, 3.63) is 11.5 Å². The SMILES string of the molecule is CN(CCC(F)(F)F)c1nc(Cl)ncc1N. The molecule has 0 aliphatic rings. The highest BCUT2D eigenvalue weighted by Gasteiger charge is 2.27. The van der Waals surface area contributed by atoms with Gasteiger partial charge in [0.15, 0.2) is 5.82 Å². The van der Waals surface area contributed by atoms with Gasteiger partial charge in [0.2, 0.25) is 5.28 Å². The van der Waals surface area contributed by atoms with Crippen LogP contribution in [0.1, 0.15) is 6.42 Å². The van der Waals surface area contributed by atoms with Crippen molar-refractivity contribution < 1.29 is 13.2 Å². The van der Waals surface area contributed by atoms with E-state index in [1.165, 1.54) is 18.1 Å². The average Bonchev–Trinajstić information content (AvgIpc) is 2.17. The fourth-order valence-corrected chi connectivity index (χ4v) is 1.20. The first-order valence-corrected chi connectivity index (χ1v) is 4.73. The lowest BCUT2D eigenvalue weighted by atomic mass is 10.3. The molecule has 0 bridgehead atoms. The van der Waals surface area contributed by atoms with Gasteiger partial charge < -0.3 is 10.6 Å². The van der Waals surface area contributed by atoms with Gasteiger partial charge in [-0.2, -0.15) is 18.2 Å². The van der Waals surface area contributed by atoms with Crippen molar-refractivity contribution in [2.75, 3.05) is 24.2 Å². The van der Waals surface area contributed by atoms with Crippen LogP contribution in [0.4, 0.5) is 24.7 Å². The van der Waals surface area contributed by atoms with E-state index in [0.717, 1.165) is 0 Å². The van der Waals surface area contributed by atoms with Crippen LogP contribution >= 0.6 is 11.6 Å². The van der Waals surface area contributed by atoms with Gasteiger partial charge in [0.25, 0.3) is 0 Å². The van der Waals surface area contributed by atoms with Crippen molar-refractivity contribution in [3.63, 3.8) is 0 Å². The summed E-state index contributed by atoms with van der Waals surface area (Å²) in [5.41, 5.74) is 5.71. The Bertz CT molecular complexity index is 369. The van der Waals surface area contributed by atoms with Crippen LogP contribution < -0.4 is 10.6 Å². The fraction of sp³-hybridized carbons (Fsp3) is 0.500. The molecule has 1 heterocycles. The maximum atomic E-state index is 12.0. The van der Waals surface area contributed by atoms with Crippen LogP contribution in [0.15, 0.2) is 6.20 Å². The Balaban J connectivity index is 2.73. The lowest BCUT2D eigenvalue weighted by molar-refractivity contribution is -0.132. The molecule has 0 amide bonds. The minimum atomic E-state index is -4.21. The minimum Gasteiger partial charge on any atom is -0.394 e. The summed E-state index contributed by atoms with van der Waals surface area (Å²) < 4.78 is 36.0. The third-order valence-corrected chi connectivity index (χ3v) is 2.04. The number of hydrogen-bond donors (Lipinski definition) is 1. The lowest BCUT2D eigenvalue weighted by Gasteiger charge is -2.20. The Kier molecular flexibility index (Phi) is 3.79. The van der Waals surface area contributed by atoms with E-state index in [9.17, 15) is 13.2 Å². The van der Waals surface area contributed by atoms with Crippen LogP contribution in [-0.2, 0) is 0 Å². The molecular weight excluding hydrogens is 245 g/mol. The van der Waals surface area contributed by atoms with E-state index in [1.807, 2.05) is 0 Å². The highest BCUT2D eigenvalue weighted by atomic mass is 35.5. The Hall–Kier alpha value is -1.24. The molecule has 0 aliphatic carbocycles. The van der Waals surface area contributed by atoms with Gasteiger partial charge in [0.05, 0.1) is 18.3 Å². The van der Waals surface area contributed by atoms with Gasteiger partial charge in [-0.05, 0) is 11.6 Å². The quantitative estimate of drug-likeness (QED) is 0.840. The molecule has 2 N–H and O–H groups in total. The van der Waals surface area contributed by atoms with Crippen molar-refractivity contribution in [3.8, 4) is 0 Å². The van der Waals surface area contributed by atoms with E-state index in [-0.39, 0.29) is 23.3 Å². The zero-order valence-electron chi connectivity index (χ0n) is 8.42. The topological polar surface area (TPSA) is 55.0 Å². The van der Waals surface area contributed by atoms with Gasteiger partial charge in [-0.1, -0.05) is 0 Å². The van der Waals surface area contributed by atoms with Crippen molar-refractivity contribution in [2.45, 2.75) is 12.6 Å². The second kappa shape index (κ2) is 4.73. The van der Waals surface area contributed by atoms with Gasteiger partial charge in [0, 0.05) is 13.6 Å². The molecule has 0 saturated heterocycles. The third kappa shape index (κ3) is 3.73. The molecule has 0 atom stereocenters. The van der Waals surface area contributed by atoms with Crippen molar-refractivity contribution >= 4 is 23.1 Å². The number of nitrogens with two attached hydrogens (primary N) is 1. The molecule has 0 spiro atoms. The van der Waals surface area contributed by atoms with E-state index in [2.05, 4.69) is 9.97 Å². The highest BCUT2D eigenvalue weighted by Crippen LogP contribution is 2.23. The van der Waals surface area contributed by atoms with Crippen LogP contribution in [-0.4, -0.2) is 29.7 Å². The van der Waals surface area contributed by atoms with Crippen molar-refractivity contribution in [1.29, 1.82) is 0 Å². The molecule has 90 valence electrons. The average molecular weight is 255 g/mol. The number of nitrogens with zero attached hydrogens (tertiary/aromatic N) is 3. The van der Waals surface area contributed by atoms with Crippen LogP contribution in [0.3, 0.4) is 0 Å². The summed E-state index contributed by atoms with van der Waals surface area (Å²) in [5, 5.41) is -0.0527. The number of rotatable bonds is 3. The standard InChI is InChI=1S/C8H10ClF3N4/c1-16(3-2-8(10,11)12)6-5(13)4-14-7(9)15-6/h4H,2-3,13H2,1H3. The van der Waals surface area contributed by atoms with E-state index >= 15 is 0 Å². The third-order valence-electron chi connectivity index (χ3n) is 1.86. The van der Waals surface area contributed by atoms with Crippen molar-refractivity contribution in [1.82, 2.24) is 9.97 Å². The summed E-state index contributed by atoms with van der Waals surface area (Å²) in [4.78, 5) is 8.66. The maximum Gasteiger partial charge on any atom is 0.390 e. The molecule has 1 aromatic rings. The summed E-state index contributed by atoms with van der Waals surface area (Å²) in [7, 11) is 1.46. The molecule has 0 aliphatic heterocycles. The molecule has 4 nitrogen and oxygen atoms in total. The second-order valence-corrected chi connectivity index (χ2v) is 3.54. The van der Waals surface area contributed by atoms with Crippen LogP contribution in [0.5, 0.6) is 0 Å². The molecule has 1 aromatic heterocycles. The molecular formula is C8H10ClF3N4. The number of hydrogen-bond acceptors (Lipinski definition) is 4. The first-order valence-electron chi connectivity index (χ1n) is 4.35. The maximum absolute atomic E-state index is 12.0. The molecule has 0 fully saturated rings. The first-order chi connectivity index (χ1) is 7.29. The van der Waals surface area contributed by atoms with Gasteiger partial charge in [-0.15, -0.1) is 0 Å². The summed E-state index contributed by atoms with van der Waals surface area (Å²) >= 11 is 5.52. The van der Waals surface area contributed by atoms with Crippen LogP contribution in [0.2, 0.25) is 5.28 Å². The van der Waals surface area contributed by atoms with E-state index in [0.29, 0.717) is 0 Å². The predicted octanol–water partition coefficient (Wildman–Crippen LogP) is 2.10. The van der Waals surface area contributed by atoms with Crippen LogP contribution in [0, 0.1) is 0 Å². The molecule has 16 heavy (non-hydrogen) atoms. The first kappa shape index (κ1) is 12.8. The fourth-order valence-electron chi connectivity index (χ4n) is 1.07. The van der Waals surface area contributed by atoms with E-state index in [4.69, 9.17) is 17.3 Å². The van der Waals surface area contributed by atoms with Crippen LogP contribution in [0.25, 0.3) is 0 Å². The number of nitrogen functional groups attached to an aromatic ring is 1. The Morgan fingerprint density at radius 3 is 2.69 bits per heavy atom. The molecule has 8 heteroatoms. The summed E-state index contributed by atoms with van der Waals surface area (Å²) in [6, 6.07) is 0. The molecule has 0 aromatic carbocycles. The van der Waals surface area contributed by atoms with Gasteiger partial charge in [0.1, 0.15) is 0 Å². The normalized spacial score (nSPS) is 11.6. The zero-order valence-corrected chi connectivity index (χ0v) is 9.18. The van der Waals surface area contributed by atoms with Crippen molar-refractivity contribution in [2.24, 2.45) is 0 Å². The zero-order chi connectivity index (χ0) is 12.3. The molecule has 0 saturated carbocycles.